The van der Waals surface area contributed by atoms with E-state index in [1.165, 1.54) is 6.08 Å². The second-order valence-corrected chi connectivity index (χ2v) is 6.21. The number of benzene rings is 1. The Hall–Kier alpha value is -2.34. The first kappa shape index (κ1) is 16.5. The molecule has 2 aliphatic heterocycles. The standard InChI is InChI=1S/C18H22N2O4/c1-2-16(21)20-9-7-12(8-10-20)18(23)19-14-11-24-15-6-4-3-5-13(15)17(14)22/h2-6,12,14,17,22H,1,7-11H2,(H,19,23). The molecular formula is C18H22N2O4. The van der Waals surface area contributed by atoms with Gasteiger partial charge in [0.2, 0.25) is 11.8 Å². The Kier molecular flexibility index (Phi) is 4.85. The number of amides is 2. The number of likely N-dealkylation sites (tertiary alicyclic amines) is 1. The largest absolute Gasteiger partial charge is 0.491 e. The summed E-state index contributed by atoms with van der Waals surface area (Å²) in [6.45, 7) is 4.83. The number of ether oxygens (including phenoxy) is 1. The summed E-state index contributed by atoms with van der Waals surface area (Å²) in [4.78, 5) is 25.7. The van der Waals surface area contributed by atoms with Crippen molar-refractivity contribution < 1.29 is 19.4 Å². The second kappa shape index (κ2) is 7.05. The zero-order valence-electron chi connectivity index (χ0n) is 13.5. The van der Waals surface area contributed by atoms with Crippen LogP contribution in [0.5, 0.6) is 5.75 Å². The summed E-state index contributed by atoms with van der Waals surface area (Å²) in [5, 5.41) is 13.4. The molecule has 2 unspecified atom stereocenters. The highest BCUT2D eigenvalue weighted by Crippen LogP contribution is 2.32. The SMILES string of the molecule is C=CC(=O)N1CCC(C(=O)NC2COc3ccccc3C2O)CC1. The van der Waals surface area contributed by atoms with Crippen molar-refractivity contribution in [2.24, 2.45) is 5.92 Å². The number of carbonyl (C=O) groups excluding carboxylic acids is 2. The Morgan fingerprint density at radius 3 is 2.71 bits per heavy atom. The van der Waals surface area contributed by atoms with Gasteiger partial charge in [-0.25, -0.2) is 0 Å². The van der Waals surface area contributed by atoms with Crippen molar-refractivity contribution in [1.29, 1.82) is 0 Å². The molecule has 1 aromatic rings. The number of fused-ring (bicyclic) bond motifs is 1. The number of hydrogen-bond acceptors (Lipinski definition) is 4. The maximum atomic E-state index is 12.5. The van der Waals surface area contributed by atoms with Crippen molar-refractivity contribution in [3.05, 3.63) is 42.5 Å². The molecule has 6 nitrogen and oxygen atoms in total. The van der Waals surface area contributed by atoms with E-state index in [1.54, 1.807) is 11.0 Å². The lowest BCUT2D eigenvalue weighted by Crippen LogP contribution is -2.49. The molecule has 2 atom stereocenters. The van der Waals surface area contributed by atoms with Crippen molar-refractivity contribution >= 4 is 11.8 Å². The van der Waals surface area contributed by atoms with Crippen LogP contribution in [-0.4, -0.2) is 47.6 Å². The van der Waals surface area contributed by atoms with E-state index >= 15 is 0 Å². The Labute approximate surface area is 141 Å². The van der Waals surface area contributed by atoms with Gasteiger partial charge in [-0.2, -0.15) is 0 Å². The molecule has 1 saturated heterocycles. The summed E-state index contributed by atoms with van der Waals surface area (Å²) in [7, 11) is 0. The predicted molar refractivity (Wildman–Crippen MR) is 88.3 cm³/mol. The highest BCUT2D eigenvalue weighted by molar-refractivity contribution is 5.87. The van der Waals surface area contributed by atoms with Gasteiger partial charge in [0.25, 0.3) is 0 Å². The lowest BCUT2D eigenvalue weighted by molar-refractivity contribution is -0.133. The average molecular weight is 330 g/mol. The van der Waals surface area contributed by atoms with Crippen LogP contribution in [0, 0.1) is 5.92 Å². The molecule has 128 valence electrons. The average Bonchev–Trinajstić information content (AvgIpc) is 2.63. The van der Waals surface area contributed by atoms with Crippen molar-refractivity contribution in [1.82, 2.24) is 10.2 Å². The number of nitrogens with one attached hydrogen (secondary N) is 1. The highest BCUT2D eigenvalue weighted by Gasteiger charge is 2.33. The van der Waals surface area contributed by atoms with Gasteiger partial charge in [0, 0.05) is 24.6 Å². The van der Waals surface area contributed by atoms with Gasteiger partial charge in [-0.05, 0) is 25.0 Å². The summed E-state index contributed by atoms with van der Waals surface area (Å²) < 4.78 is 5.62. The van der Waals surface area contributed by atoms with Crippen LogP contribution in [0.25, 0.3) is 0 Å². The minimum absolute atomic E-state index is 0.0901. The molecule has 24 heavy (non-hydrogen) atoms. The van der Waals surface area contributed by atoms with E-state index in [0.29, 0.717) is 37.2 Å². The Morgan fingerprint density at radius 2 is 2.00 bits per heavy atom. The summed E-state index contributed by atoms with van der Waals surface area (Å²) in [6, 6.07) is 6.84. The smallest absolute Gasteiger partial charge is 0.245 e. The number of hydrogen-bond donors (Lipinski definition) is 2. The molecular weight excluding hydrogens is 308 g/mol. The van der Waals surface area contributed by atoms with Gasteiger partial charge in [0.15, 0.2) is 0 Å². The van der Waals surface area contributed by atoms with Crippen LogP contribution in [0.2, 0.25) is 0 Å². The second-order valence-electron chi connectivity index (χ2n) is 6.21. The van der Waals surface area contributed by atoms with Gasteiger partial charge < -0.3 is 20.1 Å². The van der Waals surface area contributed by atoms with E-state index in [2.05, 4.69) is 11.9 Å². The minimum atomic E-state index is -0.777. The van der Waals surface area contributed by atoms with Crippen LogP contribution in [0.3, 0.4) is 0 Å². The van der Waals surface area contributed by atoms with E-state index < -0.39 is 12.1 Å². The fourth-order valence-electron chi connectivity index (χ4n) is 3.26. The van der Waals surface area contributed by atoms with E-state index in [1.807, 2.05) is 18.2 Å². The first-order valence-corrected chi connectivity index (χ1v) is 8.21. The van der Waals surface area contributed by atoms with Crippen molar-refractivity contribution in [2.75, 3.05) is 19.7 Å². The Bertz CT molecular complexity index is 638. The molecule has 1 aromatic carbocycles. The van der Waals surface area contributed by atoms with Gasteiger partial charge >= 0.3 is 0 Å². The van der Waals surface area contributed by atoms with Crippen LogP contribution >= 0.6 is 0 Å². The van der Waals surface area contributed by atoms with Crippen molar-refractivity contribution in [3.63, 3.8) is 0 Å². The highest BCUT2D eigenvalue weighted by atomic mass is 16.5. The molecule has 0 spiro atoms. The number of piperidine rings is 1. The molecule has 2 aliphatic rings. The third-order valence-corrected chi connectivity index (χ3v) is 4.72. The maximum absolute atomic E-state index is 12.5. The molecule has 0 aromatic heterocycles. The molecule has 1 fully saturated rings. The quantitative estimate of drug-likeness (QED) is 0.811. The fraction of sp³-hybridized carbons (Fsp3) is 0.444. The van der Waals surface area contributed by atoms with Crippen LogP contribution in [0.4, 0.5) is 0 Å². The molecule has 2 heterocycles. The van der Waals surface area contributed by atoms with Gasteiger partial charge in [0.1, 0.15) is 18.5 Å². The van der Waals surface area contributed by atoms with Crippen LogP contribution in [0.15, 0.2) is 36.9 Å². The number of aliphatic hydroxyl groups excluding tert-OH is 1. The van der Waals surface area contributed by atoms with E-state index in [4.69, 9.17) is 4.74 Å². The van der Waals surface area contributed by atoms with E-state index in [-0.39, 0.29) is 24.3 Å². The number of aliphatic hydroxyl groups is 1. The monoisotopic (exact) mass is 330 g/mol. The van der Waals surface area contributed by atoms with Crippen LogP contribution < -0.4 is 10.1 Å². The third kappa shape index (κ3) is 3.28. The molecule has 2 amide bonds. The van der Waals surface area contributed by atoms with Gasteiger partial charge in [0.05, 0.1) is 6.04 Å². The van der Waals surface area contributed by atoms with Gasteiger partial charge in [-0.1, -0.05) is 24.8 Å². The topological polar surface area (TPSA) is 78.9 Å². The zero-order valence-corrected chi connectivity index (χ0v) is 13.5. The van der Waals surface area contributed by atoms with E-state index in [0.717, 1.165) is 0 Å². The number of para-hydroxylation sites is 1. The third-order valence-electron chi connectivity index (χ3n) is 4.72. The Morgan fingerprint density at radius 1 is 1.29 bits per heavy atom. The summed E-state index contributed by atoms with van der Waals surface area (Å²) in [6.07, 6.45) is 1.76. The lowest BCUT2D eigenvalue weighted by Gasteiger charge is -2.34. The minimum Gasteiger partial charge on any atom is -0.491 e. The van der Waals surface area contributed by atoms with Crippen molar-refractivity contribution in [2.45, 2.75) is 25.0 Å². The summed E-state index contributed by atoms with van der Waals surface area (Å²) >= 11 is 0. The molecule has 6 heteroatoms. The summed E-state index contributed by atoms with van der Waals surface area (Å²) in [5.41, 5.74) is 0.695. The lowest BCUT2D eigenvalue weighted by atomic mass is 9.94. The molecule has 0 aliphatic carbocycles. The zero-order chi connectivity index (χ0) is 17.1. The first-order valence-electron chi connectivity index (χ1n) is 8.21. The van der Waals surface area contributed by atoms with Gasteiger partial charge in [-0.15, -0.1) is 0 Å². The molecule has 0 radical (unpaired) electrons. The fourth-order valence-corrected chi connectivity index (χ4v) is 3.26. The first-order chi connectivity index (χ1) is 11.6. The van der Waals surface area contributed by atoms with Crippen molar-refractivity contribution in [3.8, 4) is 5.75 Å². The number of nitrogens with zero attached hydrogens (tertiary/aromatic N) is 1. The van der Waals surface area contributed by atoms with Gasteiger partial charge in [-0.3, -0.25) is 9.59 Å². The predicted octanol–water partition coefficient (Wildman–Crippen LogP) is 1.02. The van der Waals surface area contributed by atoms with Crippen LogP contribution in [-0.2, 0) is 9.59 Å². The van der Waals surface area contributed by atoms with Crippen LogP contribution in [0.1, 0.15) is 24.5 Å². The maximum Gasteiger partial charge on any atom is 0.245 e. The normalized spacial score (nSPS) is 23.8. The van der Waals surface area contributed by atoms with E-state index in [9.17, 15) is 14.7 Å². The molecule has 0 saturated carbocycles. The summed E-state index contributed by atoms with van der Waals surface area (Å²) in [5.74, 6) is 0.323. The Balaban J connectivity index is 1.56. The number of rotatable bonds is 3. The molecule has 3 rings (SSSR count). The molecule has 0 bridgehead atoms. The molecule has 2 N–H and O–H groups in total. The number of carbonyl (C=O) groups is 2.